The highest BCUT2D eigenvalue weighted by molar-refractivity contribution is 4.96. The highest BCUT2D eigenvalue weighted by atomic mass is 16.2. The Morgan fingerprint density at radius 2 is 2.30 bits per heavy atom. The van der Waals surface area contributed by atoms with Crippen LogP contribution in [0.1, 0.15) is 26.7 Å². The fourth-order valence-electron chi connectivity index (χ4n) is 0.653. The van der Waals surface area contributed by atoms with E-state index in [1.54, 1.807) is 6.08 Å². The van der Waals surface area contributed by atoms with Crippen molar-refractivity contribution in [2.45, 2.75) is 26.7 Å². The summed E-state index contributed by atoms with van der Waals surface area (Å²) >= 11 is 0. The average molecular weight is 138 g/mol. The first-order chi connectivity index (χ1) is 4.81. The molecule has 0 aliphatic rings. The van der Waals surface area contributed by atoms with Crippen LogP contribution in [-0.2, 0) is 0 Å². The Hall–Kier alpha value is -0.900. The Bertz CT molecular complexity index is 148. The van der Waals surface area contributed by atoms with Gasteiger partial charge in [-0.2, -0.15) is 0 Å². The van der Waals surface area contributed by atoms with E-state index in [2.05, 4.69) is 18.8 Å². The second-order valence-electron chi connectivity index (χ2n) is 2.36. The van der Waals surface area contributed by atoms with E-state index in [4.69, 9.17) is 5.11 Å². The maximum absolute atomic E-state index is 8.32. The van der Waals surface area contributed by atoms with Gasteiger partial charge in [-0.25, -0.2) is 0 Å². The minimum absolute atomic E-state index is 0.552. The van der Waals surface area contributed by atoms with Gasteiger partial charge in [-0.1, -0.05) is 6.92 Å². The lowest BCUT2D eigenvalue weighted by Crippen LogP contribution is -1.89. The third-order valence-electron chi connectivity index (χ3n) is 1.27. The van der Waals surface area contributed by atoms with Crippen molar-refractivity contribution in [1.29, 1.82) is 0 Å². The maximum Gasteiger partial charge on any atom is 0.0751 e. The molecule has 0 radical (unpaired) electrons. The molecule has 1 atom stereocenters. The highest BCUT2D eigenvalue weighted by Crippen LogP contribution is 2.05. The lowest BCUT2D eigenvalue weighted by Gasteiger charge is -2.00. The second kappa shape index (κ2) is 6.22. The minimum Gasteiger partial charge on any atom is -0.516 e. The summed E-state index contributed by atoms with van der Waals surface area (Å²) in [5.74, 6) is 6.38. The Kier molecular flexibility index (Phi) is 5.66. The summed E-state index contributed by atoms with van der Waals surface area (Å²) < 4.78 is 0. The van der Waals surface area contributed by atoms with Gasteiger partial charge in [0.25, 0.3) is 0 Å². The lowest BCUT2D eigenvalue weighted by atomic mass is 10.0. The molecule has 56 valence electrons. The predicted molar refractivity (Wildman–Crippen MR) is 43.6 cm³/mol. The molecule has 10 heavy (non-hydrogen) atoms. The van der Waals surface area contributed by atoms with Crippen molar-refractivity contribution >= 4 is 0 Å². The molecule has 0 rings (SSSR count). The van der Waals surface area contributed by atoms with Gasteiger partial charge in [0.05, 0.1) is 6.26 Å². The zero-order valence-corrected chi connectivity index (χ0v) is 6.59. The number of allylic oxidation sites excluding steroid dienone is 1. The maximum atomic E-state index is 8.32. The van der Waals surface area contributed by atoms with Crippen molar-refractivity contribution in [3.8, 4) is 11.8 Å². The van der Waals surface area contributed by atoms with Crippen LogP contribution in [0.2, 0.25) is 0 Å². The van der Waals surface area contributed by atoms with Gasteiger partial charge >= 0.3 is 0 Å². The van der Waals surface area contributed by atoms with Crippen LogP contribution >= 0.6 is 0 Å². The van der Waals surface area contributed by atoms with Gasteiger partial charge in [0.2, 0.25) is 0 Å². The molecule has 0 heterocycles. The van der Waals surface area contributed by atoms with Crippen LogP contribution in [0.3, 0.4) is 0 Å². The predicted octanol–water partition coefficient (Wildman–Crippen LogP) is 2.50. The number of aliphatic hydroxyl groups excluding tert-OH is 1. The first kappa shape index (κ1) is 9.10. The van der Waals surface area contributed by atoms with Gasteiger partial charge in [-0.15, -0.1) is 11.8 Å². The van der Waals surface area contributed by atoms with Crippen LogP contribution in [0, 0.1) is 17.8 Å². The largest absolute Gasteiger partial charge is 0.516 e. The van der Waals surface area contributed by atoms with Crippen LogP contribution in [0.15, 0.2) is 12.3 Å². The average Bonchev–Trinajstić information content (AvgIpc) is 1.97. The fourth-order valence-corrected chi connectivity index (χ4v) is 0.653. The Morgan fingerprint density at radius 1 is 1.60 bits per heavy atom. The molecule has 0 aliphatic heterocycles. The smallest absolute Gasteiger partial charge is 0.0751 e. The van der Waals surface area contributed by atoms with Crippen molar-refractivity contribution in [3.05, 3.63) is 12.3 Å². The molecule has 0 amide bonds. The fraction of sp³-hybridized carbons (Fsp3) is 0.556. The zero-order chi connectivity index (χ0) is 7.82. The summed E-state index contributed by atoms with van der Waals surface area (Å²) in [4.78, 5) is 0. The first-order valence-corrected chi connectivity index (χ1v) is 3.50. The molecule has 0 spiro atoms. The van der Waals surface area contributed by atoms with Crippen LogP contribution in [0.5, 0.6) is 0 Å². The molecule has 0 saturated heterocycles. The second-order valence-corrected chi connectivity index (χ2v) is 2.36. The molecule has 0 saturated carbocycles. The molecule has 0 aliphatic carbocycles. The molecular weight excluding hydrogens is 124 g/mol. The number of aliphatic hydroxyl groups is 1. The molecule has 1 unspecified atom stereocenters. The standard InChI is InChI=1S/C9H14O/c1-3-4-6-9(2)7-5-8-10/h5,8-10H,6-7H2,1-2H3. The zero-order valence-electron chi connectivity index (χ0n) is 6.59. The first-order valence-electron chi connectivity index (χ1n) is 3.50. The summed E-state index contributed by atoms with van der Waals surface area (Å²) in [6.45, 7) is 3.96. The highest BCUT2D eigenvalue weighted by Gasteiger charge is 1.94. The summed E-state index contributed by atoms with van der Waals surface area (Å²) in [6, 6.07) is 0. The summed E-state index contributed by atoms with van der Waals surface area (Å²) in [7, 11) is 0. The molecule has 0 bridgehead atoms. The lowest BCUT2D eigenvalue weighted by molar-refractivity contribution is 0.466. The van der Waals surface area contributed by atoms with Gasteiger partial charge < -0.3 is 5.11 Å². The monoisotopic (exact) mass is 138 g/mol. The Balaban J connectivity index is 3.40. The summed E-state index contributed by atoms with van der Waals surface area (Å²) in [6.07, 6.45) is 4.67. The molecule has 1 heteroatoms. The van der Waals surface area contributed by atoms with Gasteiger partial charge in [0, 0.05) is 6.42 Å². The van der Waals surface area contributed by atoms with Crippen molar-refractivity contribution in [1.82, 2.24) is 0 Å². The normalized spacial score (nSPS) is 12.6. The van der Waals surface area contributed by atoms with Crippen LogP contribution < -0.4 is 0 Å². The molecule has 0 aromatic heterocycles. The summed E-state index contributed by atoms with van der Waals surface area (Å²) in [5.41, 5.74) is 0. The van der Waals surface area contributed by atoms with E-state index in [1.165, 1.54) is 0 Å². The molecule has 0 fully saturated rings. The number of rotatable bonds is 3. The Labute approximate surface area is 62.8 Å². The van der Waals surface area contributed by atoms with E-state index >= 15 is 0 Å². The van der Waals surface area contributed by atoms with E-state index in [0.29, 0.717) is 5.92 Å². The number of hydrogen-bond donors (Lipinski definition) is 1. The van der Waals surface area contributed by atoms with Crippen molar-refractivity contribution in [2.75, 3.05) is 0 Å². The molecular formula is C9H14O. The molecule has 0 aromatic carbocycles. The van der Waals surface area contributed by atoms with Crippen molar-refractivity contribution in [2.24, 2.45) is 5.92 Å². The van der Waals surface area contributed by atoms with Gasteiger partial charge in [-0.3, -0.25) is 0 Å². The SMILES string of the molecule is CC#CCC(C)CC=CO. The van der Waals surface area contributed by atoms with Crippen LogP contribution in [-0.4, -0.2) is 5.11 Å². The van der Waals surface area contributed by atoms with Crippen LogP contribution in [0.4, 0.5) is 0 Å². The van der Waals surface area contributed by atoms with E-state index in [-0.39, 0.29) is 0 Å². The van der Waals surface area contributed by atoms with E-state index in [9.17, 15) is 0 Å². The van der Waals surface area contributed by atoms with E-state index in [0.717, 1.165) is 19.1 Å². The molecule has 1 N–H and O–H groups in total. The third kappa shape index (κ3) is 5.24. The topological polar surface area (TPSA) is 20.2 Å². The minimum atomic E-state index is 0.552. The van der Waals surface area contributed by atoms with Gasteiger partial charge in [0.1, 0.15) is 0 Å². The summed E-state index contributed by atoms with van der Waals surface area (Å²) in [5, 5.41) is 8.32. The van der Waals surface area contributed by atoms with Gasteiger partial charge in [0.15, 0.2) is 0 Å². The third-order valence-corrected chi connectivity index (χ3v) is 1.27. The number of hydrogen-bond acceptors (Lipinski definition) is 1. The van der Waals surface area contributed by atoms with E-state index < -0.39 is 0 Å². The van der Waals surface area contributed by atoms with Crippen LogP contribution in [0.25, 0.3) is 0 Å². The Morgan fingerprint density at radius 3 is 2.80 bits per heavy atom. The van der Waals surface area contributed by atoms with Gasteiger partial charge in [-0.05, 0) is 25.3 Å². The molecule has 1 nitrogen and oxygen atoms in total. The van der Waals surface area contributed by atoms with Crippen molar-refractivity contribution in [3.63, 3.8) is 0 Å². The van der Waals surface area contributed by atoms with E-state index in [1.807, 2.05) is 6.92 Å². The van der Waals surface area contributed by atoms with Crippen molar-refractivity contribution < 1.29 is 5.11 Å². The molecule has 0 aromatic rings. The quantitative estimate of drug-likeness (QED) is 0.469.